The molecule has 116 valence electrons. The smallest absolute Gasteiger partial charge is 0.0420 e. The van der Waals surface area contributed by atoms with Gasteiger partial charge < -0.3 is 15.1 Å². The maximum absolute atomic E-state index is 3.54. The Morgan fingerprint density at radius 2 is 1.95 bits per heavy atom. The Hall–Kier alpha value is -1.26. The minimum Gasteiger partial charge on any atom is -0.385 e. The van der Waals surface area contributed by atoms with E-state index in [1.165, 1.54) is 49.4 Å². The molecule has 1 N–H and O–H groups in total. The van der Waals surface area contributed by atoms with Gasteiger partial charge in [-0.05, 0) is 44.6 Å². The highest BCUT2D eigenvalue weighted by Crippen LogP contribution is 2.31. The molecular formula is C17H28N4. The number of likely N-dealkylation sites (N-methyl/N-ethyl adjacent to an activating group) is 1. The van der Waals surface area contributed by atoms with E-state index in [1.54, 1.807) is 0 Å². The summed E-state index contributed by atoms with van der Waals surface area (Å²) in [6.45, 7) is 8.15. The summed E-state index contributed by atoms with van der Waals surface area (Å²) in [6.07, 6.45) is 2.48. The maximum atomic E-state index is 3.54. The van der Waals surface area contributed by atoms with Crippen LogP contribution in [0.2, 0.25) is 0 Å². The molecule has 0 aliphatic carbocycles. The molecule has 0 unspecified atom stereocenters. The van der Waals surface area contributed by atoms with E-state index in [0.717, 1.165) is 26.2 Å². The van der Waals surface area contributed by atoms with E-state index in [-0.39, 0.29) is 0 Å². The predicted molar refractivity (Wildman–Crippen MR) is 90.5 cm³/mol. The summed E-state index contributed by atoms with van der Waals surface area (Å²) in [5.74, 6) is 0. The number of benzene rings is 1. The Balaban J connectivity index is 1.62. The molecule has 4 nitrogen and oxygen atoms in total. The first-order chi connectivity index (χ1) is 10.2. The zero-order valence-electron chi connectivity index (χ0n) is 13.4. The molecule has 2 aliphatic rings. The first-order valence-corrected chi connectivity index (χ1v) is 8.22. The zero-order valence-corrected chi connectivity index (χ0v) is 13.4. The monoisotopic (exact) mass is 288 g/mol. The van der Waals surface area contributed by atoms with Crippen LogP contribution in [-0.2, 0) is 6.42 Å². The number of nitrogens with one attached hydrogen (secondary N) is 1. The Bertz CT molecular complexity index is 464. The molecule has 0 aromatic heterocycles. The molecule has 0 radical (unpaired) electrons. The molecule has 0 spiro atoms. The van der Waals surface area contributed by atoms with Crippen molar-refractivity contribution >= 4 is 11.4 Å². The molecule has 1 aromatic carbocycles. The van der Waals surface area contributed by atoms with Gasteiger partial charge in [0.25, 0.3) is 0 Å². The van der Waals surface area contributed by atoms with Gasteiger partial charge in [-0.3, -0.25) is 4.90 Å². The minimum atomic E-state index is 1.12. The summed E-state index contributed by atoms with van der Waals surface area (Å²) >= 11 is 0. The molecule has 0 amide bonds. The number of fused-ring (bicyclic) bond motifs is 1. The van der Waals surface area contributed by atoms with Gasteiger partial charge in [0.05, 0.1) is 0 Å². The first-order valence-electron chi connectivity index (χ1n) is 8.22. The Labute approximate surface area is 128 Å². The second-order valence-corrected chi connectivity index (χ2v) is 6.47. The fraction of sp³-hybridized carbons (Fsp3) is 0.647. The lowest BCUT2D eigenvalue weighted by atomic mass is 10.0. The van der Waals surface area contributed by atoms with Crippen molar-refractivity contribution in [2.24, 2.45) is 0 Å². The number of piperazine rings is 1. The van der Waals surface area contributed by atoms with Crippen molar-refractivity contribution in [2.75, 3.05) is 70.1 Å². The fourth-order valence-electron chi connectivity index (χ4n) is 3.34. The highest BCUT2D eigenvalue weighted by Gasteiger charge is 2.21. The number of nitrogens with zero attached hydrogens (tertiary/aromatic N) is 3. The van der Waals surface area contributed by atoms with E-state index in [0.29, 0.717) is 0 Å². The van der Waals surface area contributed by atoms with Crippen LogP contribution in [0.1, 0.15) is 12.0 Å². The molecular weight excluding hydrogens is 260 g/mol. The van der Waals surface area contributed by atoms with Crippen molar-refractivity contribution in [3.8, 4) is 0 Å². The number of anilines is 2. The SMILES string of the molecule is CN(C)CCN1CCN(c2cccc3c2CCCN3)CC1. The van der Waals surface area contributed by atoms with E-state index < -0.39 is 0 Å². The Morgan fingerprint density at radius 1 is 1.14 bits per heavy atom. The third kappa shape index (κ3) is 3.50. The molecule has 0 atom stereocenters. The van der Waals surface area contributed by atoms with Crippen LogP contribution in [0.4, 0.5) is 11.4 Å². The fourth-order valence-corrected chi connectivity index (χ4v) is 3.34. The molecule has 0 saturated carbocycles. The van der Waals surface area contributed by atoms with E-state index in [1.807, 2.05) is 0 Å². The molecule has 1 fully saturated rings. The number of hydrogen-bond acceptors (Lipinski definition) is 4. The van der Waals surface area contributed by atoms with Gasteiger partial charge in [-0.15, -0.1) is 0 Å². The second kappa shape index (κ2) is 6.67. The standard InChI is InChI=1S/C17H28N4/c1-19(2)9-10-20-11-13-21(14-12-20)17-7-3-6-16-15(17)5-4-8-18-16/h3,6-7,18H,4-5,8-14H2,1-2H3. The molecule has 2 heterocycles. The van der Waals surface area contributed by atoms with Crippen LogP contribution in [0, 0.1) is 0 Å². The largest absolute Gasteiger partial charge is 0.385 e. The highest BCUT2D eigenvalue weighted by atomic mass is 15.3. The summed E-state index contributed by atoms with van der Waals surface area (Å²) in [4.78, 5) is 7.44. The van der Waals surface area contributed by atoms with Crippen molar-refractivity contribution in [2.45, 2.75) is 12.8 Å². The average molecular weight is 288 g/mol. The van der Waals surface area contributed by atoms with Gasteiger partial charge in [-0.25, -0.2) is 0 Å². The van der Waals surface area contributed by atoms with Gasteiger partial charge in [0.2, 0.25) is 0 Å². The van der Waals surface area contributed by atoms with Crippen LogP contribution >= 0.6 is 0 Å². The topological polar surface area (TPSA) is 21.8 Å². The van der Waals surface area contributed by atoms with Gasteiger partial charge in [-0.2, -0.15) is 0 Å². The van der Waals surface area contributed by atoms with Crippen molar-refractivity contribution < 1.29 is 0 Å². The van der Waals surface area contributed by atoms with Crippen molar-refractivity contribution in [1.29, 1.82) is 0 Å². The van der Waals surface area contributed by atoms with Gasteiger partial charge in [0.1, 0.15) is 0 Å². The summed E-state index contributed by atoms with van der Waals surface area (Å²) in [5, 5.41) is 3.54. The van der Waals surface area contributed by atoms with Gasteiger partial charge in [-0.1, -0.05) is 6.07 Å². The summed E-state index contributed by atoms with van der Waals surface area (Å²) in [6, 6.07) is 6.73. The summed E-state index contributed by atoms with van der Waals surface area (Å²) in [5.41, 5.74) is 4.35. The quantitative estimate of drug-likeness (QED) is 0.911. The second-order valence-electron chi connectivity index (χ2n) is 6.47. The summed E-state index contributed by atoms with van der Waals surface area (Å²) in [7, 11) is 4.30. The van der Waals surface area contributed by atoms with E-state index in [4.69, 9.17) is 0 Å². The lowest BCUT2D eigenvalue weighted by Gasteiger charge is -2.38. The Kier molecular flexibility index (Phi) is 4.66. The van der Waals surface area contributed by atoms with E-state index in [9.17, 15) is 0 Å². The van der Waals surface area contributed by atoms with Crippen molar-refractivity contribution in [1.82, 2.24) is 9.80 Å². The van der Waals surface area contributed by atoms with E-state index >= 15 is 0 Å². The molecule has 2 aliphatic heterocycles. The third-order valence-corrected chi connectivity index (χ3v) is 4.65. The molecule has 1 aromatic rings. The van der Waals surface area contributed by atoms with Crippen LogP contribution in [0.3, 0.4) is 0 Å². The third-order valence-electron chi connectivity index (χ3n) is 4.65. The normalized spacial score (nSPS) is 19.5. The molecule has 0 bridgehead atoms. The van der Waals surface area contributed by atoms with Crippen LogP contribution < -0.4 is 10.2 Å². The number of rotatable bonds is 4. The van der Waals surface area contributed by atoms with E-state index in [2.05, 4.69) is 52.3 Å². The molecule has 1 saturated heterocycles. The average Bonchev–Trinajstić information content (AvgIpc) is 2.53. The number of hydrogen-bond donors (Lipinski definition) is 1. The van der Waals surface area contributed by atoms with Crippen LogP contribution in [-0.4, -0.2) is 69.7 Å². The zero-order chi connectivity index (χ0) is 14.7. The lowest BCUT2D eigenvalue weighted by Crippen LogP contribution is -2.48. The maximum Gasteiger partial charge on any atom is 0.0420 e. The van der Waals surface area contributed by atoms with Gasteiger partial charge >= 0.3 is 0 Å². The van der Waals surface area contributed by atoms with Gasteiger partial charge in [0.15, 0.2) is 0 Å². The first kappa shape index (κ1) is 14.7. The minimum absolute atomic E-state index is 1.12. The Morgan fingerprint density at radius 3 is 2.71 bits per heavy atom. The van der Waals surface area contributed by atoms with Crippen LogP contribution in [0.25, 0.3) is 0 Å². The molecule has 21 heavy (non-hydrogen) atoms. The van der Waals surface area contributed by atoms with Crippen LogP contribution in [0.5, 0.6) is 0 Å². The summed E-state index contributed by atoms with van der Waals surface area (Å²) < 4.78 is 0. The molecule has 4 heteroatoms. The van der Waals surface area contributed by atoms with Crippen molar-refractivity contribution in [3.63, 3.8) is 0 Å². The molecule has 3 rings (SSSR count). The predicted octanol–water partition coefficient (Wildman–Crippen LogP) is 1.73. The highest BCUT2D eigenvalue weighted by molar-refractivity contribution is 5.68. The lowest BCUT2D eigenvalue weighted by molar-refractivity contribution is 0.229. The van der Waals surface area contributed by atoms with Crippen LogP contribution in [0.15, 0.2) is 18.2 Å². The van der Waals surface area contributed by atoms with Gasteiger partial charge in [0, 0.05) is 57.2 Å². The van der Waals surface area contributed by atoms with Crippen molar-refractivity contribution in [3.05, 3.63) is 23.8 Å².